The third-order valence-corrected chi connectivity index (χ3v) is 14.5. The van der Waals surface area contributed by atoms with Crippen LogP contribution in [0.3, 0.4) is 0 Å². The van der Waals surface area contributed by atoms with Crippen LogP contribution < -0.4 is 52.8 Å². The predicted molar refractivity (Wildman–Crippen MR) is 324 cm³/mol. The van der Waals surface area contributed by atoms with E-state index in [9.17, 15) is 53.1 Å². The van der Waals surface area contributed by atoms with Gasteiger partial charge in [0.15, 0.2) is 0 Å². The number of aromatic nitrogens is 18. The summed E-state index contributed by atoms with van der Waals surface area (Å²) >= 11 is 0. The van der Waals surface area contributed by atoms with Gasteiger partial charge in [0.1, 0.15) is 54.9 Å². The molecule has 40 heteroatoms. The molecule has 39 nitrogen and oxygen atoms in total. The van der Waals surface area contributed by atoms with Crippen molar-refractivity contribution in [2.24, 2.45) is 0 Å². The first kappa shape index (κ1) is 69.9. The van der Waals surface area contributed by atoms with Crippen LogP contribution in [0.4, 0.5) is 0 Å². The van der Waals surface area contributed by atoms with Crippen LogP contribution in [-0.4, -0.2) is 210 Å². The molecule has 0 aromatic carbocycles. The number of nitrogens with one attached hydrogen (secondary N) is 18. The Morgan fingerprint density at radius 1 is 0.333 bits per heavy atom. The minimum Gasteiger partial charge on any atom is -0.667 e. The van der Waals surface area contributed by atoms with Crippen LogP contribution >= 0.6 is 0 Å². The first-order valence-electron chi connectivity index (χ1n) is 29.3. The fraction of sp³-hybridized carbons (Fsp3) is 0.339. The molecule has 1 radical (unpaired) electrons. The van der Waals surface area contributed by atoms with Gasteiger partial charge in [0, 0.05) is 101 Å². The van der Waals surface area contributed by atoms with E-state index < -0.39 is 120 Å². The van der Waals surface area contributed by atoms with Crippen LogP contribution in [-0.2, 0) is 123 Å². The number of H-pyrrole nitrogens is 8. The fourth-order valence-corrected chi connectivity index (χ4v) is 9.70. The smallest absolute Gasteiger partial charge is 0.667 e. The van der Waals surface area contributed by atoms with Crippen LogP contribution in [0, 0.1) is 0 Å². The zero-order valence-corrected chi connectivity index (χ0v) is 51.4. The number of amides is 9. The van der Waals surface area contributed by atoms with Crippen molar-refractivity contribution in [3.63, 3.8) is 0 Å². The van der Waals surface area contributed by atoms with Crippen LogP contribution in [0.15, 0.2) is 113 Å². The molecule has 9 heterocycles. The molecule has 0 aliphatic carbocycles. The van der Waals surface area contributed by atoms with Crippen molar-refractivity contribution in [1.82, 2.24) is 138 Å². The van der Waals surface area contributed by atoms with E-state index in [0.29, 0.717) is 28.5 Å². The molecule has 9 amide bonds. The Balaban J connectivity index is 0.0000118. The second-order valence-electron chi connectivity index (χ2n) is 21.5. The molecule has 0 saturated carbocycles. The molecule has 0 aliphatic heterocycles. The van der Waals surface area contributed by atoms with Crippen LogP contribution in [0.2, 0.25) is 0 Å². The van der Waals surface area contributed by atoms with Crippen LogP contribution in [0.5, 0.6) is 0 Å². The Morgan fingerprint density at radius 3 is 0.740 bits per heavy atom. The van der Waals surface area contributed by atoms with Gasteiger partial charge in [0.25, 0.3) is 0 Å². The van der Waals surface area contributed by atoms with E-state index in [2.05, 4.69) is 138 Å². The van der Waals surface area contributed by atoms with E-state index in [1.54, 1.807) is 0 Å². The summed E-state index contributed by atoms with van der Waals surface area (Å²) in [7, 11) is 0. The van der Waals surface area contributed by atoms with E-state index in [1.807, 2.05) is 0 Å². The molecule has 0 aliphatic rings. The molecule has 0 spiro atoms. The van der Waals surface area contributed by atoms with Gasteiger partial charge in [-0.25, -0.2) is 39.9 Å². The fourth-order valence-electron chi connectivity index (χ4n) is 9.70. The summed E-state index contributed by atoms with van der Waals surface area (Å²) in [6.45, 7) is -0.772. The van der Waals surface area contributed by atoms with Gasteiger partial charge in [-0.1, -0.05) is 24.3 Å². The summed E-state index contributed by atoms with van der Waals surface area (Å²) in [5.41, 5.74) is 11.2. The number of rotatable bonds is 37. The SMILES string of the molecule is [Cu+2].[NH-][C@@H](Cc1c[n-]cn1)C(=O)N[C@@H](Cc1c[nH]cn1)C(=O)N[C@@H](Cc1c[nH]cn1)C(=O)N[C@@H](Cc1c[nH]cn1)C(=O)N[C@@H](Cc1c[nH]cn1)C(=O)N[C@@H](Cc1c[nH]cn1)C(=O)N[C@@H](Cc1c[nH]cn1)C(=O)N[C@@H](Cc1c[nH]cn1)C(=O)N[C@@H](Cc1c[nH]cn1)C(=O)NCC(=O)O. The van der Waals surface area contributed by atoms with Gasteiger partial charge in [-0.3, -0.25) is 47.9 Å². The second kappa shape index (κ2) is 34.7. The molecule has 507 valence electrons. The maximum absolute atomic E-state index is 15.0. The van der Waals surface area contributed by atoms with Crippen molar-refractivity contribution in [2.45, 2.75) is 112 Å². The summed E-state index contributed by atoms with van der Waals surface area (Å²) in [4.78, 5) is 205. The van der Waals surface area contributed by atoms with Crippen molar-refractivity contribution in [1.29, 1.82) is 0 Å². The van der Waals surface area contributed by atoms with E-state index >= 15 is 0 Å². The number of nitrogens with zero attached hydrogens (tertiary/aromatic N) is 10. The molecular weight excluding hydrogens is 1300 g/mol. The average Bonchev–Trinajstić information content (AvgIpc) is 1.05. The van der Waals surface area contributed by atoms with Gasteiger partial charge >= 0.3 is 23.0 Å². The molecule has 19 N–H and O–H groups in total. The molecule has 0 unspecified atom stereocenters. The quantitative estimate of drug-likeness (QED) is 0.0162. The molecule has 0 saturated heterocycles. The Labute approximate surface area is 553 Å². The minimum absolute atomic E-state index is 0. The van der Waals surface area contributed by atoms with Crippen LogP contribution in [0.1, 0.15) is 51.2 Å². The van der Waals surface area contributed by atoms with Crippen molar-refractivity contribution < 1.29 is 70.1 Å². The van der Waals surface area contributed by atoms with E-state index in [0.717, 1.165) is 0 Å². The largest absolute Gasteiger partial charge is 2.00 e. The van der Waals surface area contributed by atoms with Gasteiger partial charge < -0.3 is 109 Å². The summed E-state index contributed by atoms with van der Waals surface area (Å²) in [5, 5.41) is 32.8. The van der Waals surface area contributed by atoms with Crippen molar-refractivity contribution in [3.05, 3.63) is 170 Å². The molecule has 9 atom stereocenters. The molecule has 9 aromatic rings. The standard InChI is InChI=1S/C56H67N28O11.Cu/c57-38(1-29-10-58-20-68-29)48(87)77-40(3-31-12-60-22-70-31)50(89)79-42(5-33-14-62-24-72-33)52(91)81-44(7-35-16-64-26-74-35)54(93)83-46(9-37-18-66-28-76-37)56(95)84-45(8-36-17-65-27-75-36)55(94)82-43(6-34-15-63-25-73-34)53(92)80-41(4-32-13-61-23-71-32)51(90)78-39(2-30-11-59-21-69-30)49(88)67-19-47(85)86;/h10-18,20-28,38-46,57H,1-9,19H2,(H19,58,59,60,61,62,63,64,65,66,67,68,69,70,71,72,73,74,75,76,77,78,79,80,81,82,83,84,85,86,87,88,89,90,91,92,93,94,95);/q-1;+2/p-1/t38-,39-,40-,41-,42-,43-,44-,45-,46-;/m0./s1. The average molecular weight is 1370 g/mol. The number of aromatic amines is 8. The Kier molecular flexibility index (Phi) is 25.2. The second-order valence-corrected chi connectivity index (χ2v) is 21.5. The molecule has 0 bridgehead atoms. The topological polar surface area (TPSA) is 579 Å². The first-order valence-corrected chi connectivity index (χ1v) is 29.3. The van der Waals surface area contributed by atoms with Crippen molar-refractivity contribution in [3.8, 4) is 0 Å². The number of hydrogen-bond acceptors (Lipinski definition) is 19. The monoisotopic (exact) mass is 1370 g/mol. The Hall–Kier alpha value is -11.9. The predicted octanol–water partition coefficient (Wildman–Crippen LogP) is -5.19. The Morgan fingerprint density at radius 2 is 0.552 bits per heavy atom. The summed E-state index contributed by atoms with van der Waals surface area (Å²) in [5.74, 6) is -9.57. The summed E-state index contributed by atoms with van der Waals surface area (Å²) in [6, 6.07) is -13.5. The summed E-state index contributed by atoms with van der Waals surface area (Å²) in [6.07, 6.45) is 22.9. The number of carboxylic acids is 1. The Bertz CT molecular complexity index is 3870. The third kappa shape index (κ3) is 21.1. The molecule has 9 rings (SSSR count). The molecular formula is C56H66CuN28O11. The molecule has 0 fully saturated rings. The van der Waals surface area contributed by atoms with Gasteiger partial charge in [-0.05, 0) is 6.42 Å². The maximum atomic E-state index is 15.0. The zero-order valence-electron chi connectivity index (χ0n) is 50.5. The summed E-state index contributed by atoms with van der Waals surface area (Å²) < 4.78 is 0. The normalized spacial score (nSPS) is 13.9. The van der Waals surface area contributed by atoms with E-state index in [1.165, 1.54) is 113 Å². The van der Waals surface area contributed by atoms with Gasteiger partial charge in [-0.15, -0.1) is 0 Å². The number of hydrogen-bond donors (Lipinski definition) is 18. The number of imidazole rings is 9. The van der Waals surface area contributed by atoms with Crippen LogP contribution in [0.25, 0.3) is 5.73 Å². The van der Waals surface area contributed by atoms with Gasteiger partial charge in [-0.2, -0.15) is 0 Å². The third-order valence-electron chi connectivity index (χ3n) is 14.5. The number of carbonyl (C=O) groups excluding carboxylic acids is 9. The minimum atomic E-state index is -1.58. The van der Waals surface area contributed by atoms with E-state index in [-0.39, 0.29) is 97.6 Å². The zero-order chi connectivity index (χ0) is 67.1. The maximum Gasteiger partial charge on any atom is 2.00 e. The number of carbonyl (C=O) groups is 10. The van der Waals surface area contributed by atoms with Gasteiger partial charge in [0.05, 0.1) is 96.2 Å². The van der Waals surface area contributed by atoms with E-state index in [4.69, 9.17) is 5.73 Å². The number of carboxylic acid groups (broad SMARTS) is 1. The molecule has 9 aromatic heterocycles. The first-order chi connectivity index (χ1) is 46.0. The van der Waals surface area contributed by atoms with Crippen molar-refractivity contribution in [2.75, 3.05) is 6.54 Å². The number of aliphatic carboxylic acids is 1. The van der Waals surface area contributed by atoms with Crippen molar-refractivity contribution >= 4 is 59.1 Å². The molecule has 96 heavy (non-hydrogen) atoms. The van der Waals surface area contributed by atoms with Gasteiger partial charge in [0.2, 0.25) is 53.2 Å².